The predicted molar refractivity (Wildman–Crippen MR) is 55.8 cm³/mol. The van der Waals surface area contributed by atoms with Gasteiger partial charge in [-0.3, -0.25) is 9.79 Å². The number of hydrogen-bond donors (Lipinski definition) is 2. The molecular formula is C8H15N3OS. The number of hydrogen-bond acceptors (Lipinski definition) is 3. The minimum Gasteiger partial charge on any atom is -0.370 e. The molecule has 0 aliphatic carbocycles. The van der Waals surface area contributed by atoms with Crippen molar-refractivity contribution >= 4 is 22.8 Å². The van der Waals surface area contributed by atoms with Crippen LogP contribution in [0, 0.1) is 0 Å². The van der Waals surface area contributed by atoms with Gasteiger partial charge in [0.15, 0.2) is 5.17 Å². The summed E-state index contributed by atoms with van der Waals surface area (Å²) in [5, 5.41) is 4.20. The summed E-state index contributed by atoms with van der Waals surface area (Å²) in [7, 11) is 0. The van der Waals surface area contributed by atoms with Crippen LogP contribution in [-0.2, 0) is 4.79 Å². The summed E-state index contributed by atoms with van der Waals surface area (Å²) in [5.41, 5.74) is 5.00. The maximum atomic E-state index is 10.4. The van der Waals surface area contributed by atoms with Crippen LogP contribution in [0.4, 0.5) is 0 Å². The van der Waals surface area contributed by atoms with Crippen LogP contribution in [0.1, 0.15) is 19.8 Å². The number of aliphatic imine (C=N–C) groups is 1. The lowest BCUT2D eigenvalue weighted by Gasteiger charge is -2.21. The number of nitrogens with one attached hydrogen (secondary N) is 1. The van der Waals surface area contributed by atoms with Crippen molar-refractivity contribution in [3.05, 3.63) is 0 Å². The summed E-state index contributed by atoms with van der Waals surface area (Å²) >= 11 is 1.71. The van der Waals surface area contributed by atoms with Crippen molar-refractivity contribution in [2.24, 2.45) is 10.7 Å². The largest absolute Gasteiger partial charge is 0.370 e. The van der Waals surface area contributed by atoms with E-state index in [9.17, 15) is 4.79 Å². The highest BCUT2D eigenvalue weighted by Crippen LogP contribution is 2.13. The van der Waals surface area contributed by atoms with Gasteiger partial charge in [0.1, 0.15) is 0 Å². The fourth-order valence-corrected chi connectivity index (χ4v) is 2.15. The summed E-state index contributed by atoms with van der Waals surface area (Å²) in [6, 6.07) is 0.494. The van der Waals surface area contributed by atoms with Gasteiger partial charge >= 0.3 is 0 Å². The Balaban J connectivity index is 2.28. The average Bonchev–Trinajstić information content (AvgIpc) is 2.03. The molecule has 1 atom stereocenters. The van der Waals surface area contributed by atoms with Crippen molar-refractivity contribution in [2.45, 2.75) is 25.8 Å². The molecule has 1 saturated heterocycles. The van der Waals surface area contributed by atoms with E-state index in [1.807, 2.05) is 0 Å². The Morgan fingerprint density at radius 3 is 3.23 bits per heavy atom. The molecule has 1 heterocycles. The van der Waals surface area contributed by atoms with Crippen LogP contribution in [0.25, 0.3) is 0 Å². The summed E-state index contributed by atoms with van der Waals surface area (Å²) in [5.74, 6) is 0.807. The van der Waals surface area contributed by atoms with E-state index in [0.29, 0.717) is 19.0 Å². The van der Waals surface area contributed by atoms with Crippen LogP contribution >= 0.6 is 11.8 Å². The van der Waals surface area contributed by atoms with Gasteiger partial charge in [0.05, 0.1) is 6.54 Å². The highest BCUT2D eigenvalue weighted by molar-refractivity contribution is 8.13. The van der Waals surface area contributed by atoms with E-state index >= 15 is 0 Å². The van der Waals surface area contributed by atoms with Gasteiger partial charge in [-0.1, -0.05) is 11.8 Å². The fourth-order valence-electron chi connectivity index (χ4n) is 1.02. The molecule has 1 aliphatic heterocycles. The standard InChI is InChI=1S/C8H15N3OS/c1-6-3-5-13-8(11-6)10-4-2-7(9)12/h6H,2-5H2,1H3,(H2,9,12)(H,10,11). The van der Waals surface area contributed by atoms with E-state index in [0.717, 1.165) is 10.9 Å². The summed E-state index contributed by atoms with van der Waals surface area (Å²) in [6.07, 6.45) is 1.50. The first kappa shape index (κ1) is 10.4. The first-order chi connectivity index (χ1) is 6.18. The zero-order chi connectivity index (χ0) is 9.68. The molecule has 0 spiro atoms. The lowest BCUT2D eigenvalue weighted by Crippen LogP contribution is -2.35. The number of rotatable bonds is 3. The Labute approximate surface area is 82.4 Å². The molecule has 1 rings (SSSR count). The van der Waals surface area contributed by atoms with Crippen molar-refractivity contribution in [3.8, 4) is 0 Å². The van der Waals surface area contributed by atoms with E-state index in [1.165, 1.54) is 6.42 Å². The van der Waals surface area contributed by atoms with Crippen LogP contribution < -0.4 is 11.1 Å². The molecule has 0 aromatic carbocycles. The van der Waals surface area contributed by atoms with Gasteiger partial charge < -0.3 is 11.1 Å². The number of primary amides is 1. The number of amidine groups is 1. The Kier molecular flexibility index (Phi) is 4.08. The number of nitrogens with two attached hydrogens (primary N) is 1. The maximum Gasteiger partial charge on any atom is 0.219 e. The van der Waals surface area contributed by atoms with Crippen molar-refractivity contribution < 1.29 is 4.79 Å². The topological polar surface area (TPSA) is 67.5 Å². The predicted octanol–water partition coefficient (Wildman–Crippen LogP) is 0.333. The molecule has 0 aromatic rings. The lowest BCUT2D eigenvalue weighted by molar-refractivity contribution is -0.117. The maximum absolute atomic E-state index is 10.4. The van der Waals surface area contributed by atoms with E-state index in [-0.39, 0.29) is 5.91 Å². The molecule has 1 fully saturated rings. The lowest BCUT2D eigenvalue weighted by atomic mass is 10.3. The van der Waals surface area contributed by atoms with Crippen molar-refractivity contribution in [3.63, 3.8) is 0 Å². The average molecular weight is 201 g/mol. The second-order valence-corrected chi connectivity index (χ2v) is 4.17. The number of thioether (sulfide) groups is 1. The second kappa shape index (κ2) is 5.11. The summed E-state index contributed by atoms with van der Waals surface area (Å²) in [4.78, 5) is 14.7. The van der Waals surface area contributed by atoms with Gasteiger partial charge in [0.2, 0.25) is 5.91 Å². The minimum atomic E-state index is -0.293. The van der Waals surface area contributed by atoms with Gasteiger partial charge in [-0.2, -0.15) is 0 Å². The molecule has 13 heavy (non-hydrogen) atoms. The van der Waals surface area contributed by atoms with Crippen LogP contribution in [0.15, 0.2) is 4.99 Å². The molecule has 1 unspecified atom stereocenters. The minimum absolute atomic E-state index is 0.293. The van der Waals surface area contributed by atoms with Gasteiger partial charge in [0, 0.05) is 18.2 Å². The Morgan fingerprint density at radius 2 is 2.62 bits per heavy atom. The highest BCUT2D eigenvalue weighted by Gasteiger charge is 2.12. The zero-order valence-electron chi connectivity index (χ0n) is 7.75. The molecule has 0 saturated carbocycles. The van der Waals surface area contributed by atoms with Gasteiger partial charge in [-0.05, 0) is 13.3 Å². The van der Waals surface area contributed by atoms with Crippen LogP contribution in [-0.4, -0.2) is 29.4 Å². The molecule has 74 valence electrons. The number of carbonyl (C=O) groups is 1. The number of carbonyl (C=O) groups excluding carboxylic acids is 1. The zero-order valence-corrected chi connectivity index (χ0v) is 8.56. The molecular weight excluding hydrogens is 186 g/mol. The summed E-state index contributed by atoms with van der Waals surface area (Å²) in [6.45, 7) is 2.63. The number of nitrogens with zero attached hydrogens (tertiary/aromatic N) is 1. The summed E-state index contributed by atoms with van der Waals surface area (Å²) < 4.78 is 0. The van der Waals surface area contributed by atoms with Crippen LogP contribution in [0.3, 0.4) is 0 Å². The van der Waals surface area contributed by atoms with Crippen LogP contribution in [0.2, 0.25) is 0 Å². The van der Waals surface area contributed by atoms with E-state index in [4.69, 9.17) is 5.73 Å². The third kappa shape index (κ3) is 4.17. The third-order valence-electron chi connectivity index (χ3n) is 1.77. The number of amides is 1. The SMILES string of the molecule is CC1CCSC(=NCCC(N)=O)N1. The smallest absolute Gasteiger partial charge is 0.219 e. The van der Waals surface area contributed by atoms with Gasteiger partial charge in [0.25, 0.3) is 0 Å². The second-order valence-electron chi connectivity index (χ2n) is 3.09. The Bertz CT molecular complexity index is 217. The van der Waals surface area contributed by atoms with E-state index < -0.39 is 0 Å². The molecule has 4 nitrogen and oxygen atoms in total. The first-order valence-electron chi connectivity index (χ1n) is 4.40. The molecule has 3 N–H and O–H groups in total. The van der Waals surface area contributed by atoms with Crippen molar-refractivity contribution in [2.75, 3.05) is 12.3 Å². The fraction of sp³-hybridized carbons (Fsp3) is 0.750. The highest BCUT2D eigenvalue weighted by atomic mass is 32.2. The molecule has 1 amide bonds. The van der Waals surface area contributed by atoms with E-state index in [1.54, 1.807) is 11.8 Å². The monoisotopic (exact) mass is 201 g/mol. The van der Waals surface area contributed by atoms with Gasteiger partial charge in [-0.25, -0.2) is 0 Å². The Morgan fingerprint density at radius 1 is 1.85 bits per heavy atom. The molecule has 0 bridgehead atoms. The molecule has 0 radical (unpaired) electrons. The van der Waals surface area contributed by atoms with Crippen LogP contribution in [0.5, 0.6) is 0 Å². The first-order valence-corrected chi connectivity index (χ1v) is 5.39. The quantitative estimate of drug-likeness (QED) is 0.691. The molecule has 5 heteroatoms. The van der Waals surface area contributed by atoms with Crippen molar-refractivity contribution in [1.29, 1.82) is 0 Å². The molecule has 1 aliphatic rings. The van der Waals surface area contributed by atoms with E-state index in [2.05, 4.69) is 17.2 Å². The van der Waals surface area contributed by atoms with Gasteiger partial charge in [-0.15, -0.1) is 0 Å². The molecule has 0 aromatic heterocycles. The van der Waals surface area contributed by atoms with Crippen molar-refractivity contribution in [1.82, 2.24) is 5.32 Å². The Hall–Kier alpha value is -0.710. The normalized spacial score (nSPS) is 25.6. The third-order valence-corrected chi connectivity index (χ3v) is 2.73.